The number of hydrogen-bond acceptors (Lipinski definition) is 4. The normalized spacial score (nSPS) is 11.5. The molecular formula is C17H12F3N3O2. The van der Waals surface area contributed by atoms with Gasteiger partial charge in [0.15, 0.2) is 0 Å². The number of phenolic OH excluding ortho intramolecular Hbond substituents is 1. The fraction of sp³-hybridized carbons (Fsp3) is 0.0588. The Labute approximate surface area is 141 Å². The molecule has 8 heteroatoms. The largest absolute Gasteiger partial charge is 0.506 e. The van der Waals surface area contributed by atoms with Crippen molar-refractivity contribution in [3.63, 3.8) is 0 Å². The van der Waals surface area contributed by atoms with Crippen LogP contribution in [0.4, 0.5) is 24.5 Å². The van der Waals surface area contributed by atoms with Crippen LogP contribution in [0, 0.1) is 11.3 Å². The lowest BCUT2D eigenvalue weighted by atomic mass is 10.2. The first-order valence-electron chi connectivity index (χ1n) is 6.94. The average molecular weight is 347 g/mol. The van der Waals surface area contributed by atoms with Crippen LogP contribution in [0.15, 0.2) is 60.3 Å². The van der Waals surface area contributed by atoms with E-state index in [-0.39, 0.29) is 22.7 Å². The fourth-order valence-corrected chi connectivity index (χ4v) is 1.86. The number of phenols is 1. The number of para-hydroxylation sites is 2. The molecule has 0 aliphatic carbocycles. The molecule has 0 atom stereocenters. The van der Waals surface area contributed by atoms with E-state index in [0.717, 1.165) is 18.3 Å². The number of rotatable bonds is 4. The van der Waals surface area contributed by atoms with Crippen LogP contribution in [0.3, 0.4) is 0 Å². The molecule has 0 aliphatic heterocycles. The molecule has 128 valence electrons. The summed E-state index contributed by atoms with van der Waals surface area (Å²) in [6.45, 7) is 0. The summed E-state index contributed by atoms with van der Waals surface area (Å²) in [5, 5.41) is 23.4. The first kappa shape index (κ1) is 17.9. The highest BCUT2D eigenvalue weighted by Crippen LogP contribution is 2.30. The summed E-state index contributed by atoms with van der Waals surface area (Å²) in [6.07, 6.45) is -3.51. The van der Waals surface area contributed by atoms with Crippen LogP contribution in [0.1, 0.15) is 5.56 Å². The van der Waals surface area contributed by atoms with Crippen molar-refractivity contribution in [2.75, 3.05) is 10.6 Å². The summed E-state index contributed by atoms with van der Waals surface area (Å²) < 4.78 is 38.0. The van der Waals surface area contributed by atoms with Crippen molar-refractivity contribution < 1.29 is 23.1 Å². The van der Waals surface area contributed by atoms with Crippen LogP contribution in [-0.2, 0) is 11.0 Å². The van der Waals surface area contributed by atoms with Gasteiger partial charge in [-0.2, -0.15) is 18.4 Å². The molecule has 2 rings (SSSR count). The number of halogens is 3. The van der Waals surface area contributed by atoms with Gasteiger partial charge in [0.2, 0.25) is 0 Å². The van der Waals surface area contributed by atoms with Crippen molar-refractivity contribution in [3.05, 3.63) is 65.9 Å². The van der Waals surface area contributed by atoms with Crippen molar-refractivity contribution in [1.29, 1.82) is 5.26 Å². The summed E-state index contributed by atoms with van der Waals surface area (Å²) in [5.74, 6) is -0.998. The van der Waals surface area contributed by atoms with Crippen molar-refractivity contribution in [1.82, 2.24) is 0 Å². The van der Waals surface area contributed by atoms with E-state index >= 15 is 0 Å². The van der Waals surface area contributed by atoms with Crippen LogP contribution >= 0.6 is 0 Å². The second kappa shape index (κ2) is 7.40. The number of aromatic hydroxyl groups is 1. The molecule has 0 fully saturated rings. The molecule has 2 aromatic rings. The highest BCUT2D eigenvalue weighted by Gasteiger charge is 2.30. The van der Waals surface area contributed by atoms with E-state index in [1.165, 1.54) is 24.3 Å². The Morgan fingerprint density at radius 2 is 1.88 bits per heavy atom. The smallest absolute Gasteiger partial charge is 0.416 e. The molecule has 0 radical (unpaired) electrons. The third-order valence-electron chi connectivity index (χ3n) is 3.09. The molecule has 1 amide bonds. The first-order chi connectivity index (χ1) is 11.8. The fourth-order valence-electron chi connectivity index (χ4n) is 1.86. The number of nitrogens with zero attached hydrogens (tertiary/aromatic N) is 1. The number of hydrogen-bond donors (Lipinski definition) is 3. The molecule has 0 bridgehead atoms. The molecule has 25 heavy (non-hydrogen) atoms. The van der Waals surface area contributed by atoms with Crippen molar-refractivity contribution >= 4 is 17.3 Å². The molecule has 0 aromatic heterocycles. The third-order valence-corrected chi connectivity index (χ3v) is 3.09. The van der Waals surface area contributed by atoms with Gasteiger partial charge in [-0.1, -0.05) is 18.2 Å². The summed E-state index contributed by atoms with van der Waals surface area (Å²) in [6, 6.07) is 11.9. The van der Waals surface area contributed by atoms with E-state index in [4.69, 9.17) is 5.26 Å². The molecule has 0 aliphatic rings. The number of nitrogens with one attached hydrogen (secondary N) is 2. The lowest BCUT2D eigenvalue weighted by molar-refractivity contribution is -0.137. The topological polar surface area (TPSA) is 85.2 Å². The van der Waals surface area contributed by atoms with Gasteiger partial charge in [0, 0.05) is 11.9 Å². The van der Waals surface area contributed by atoms with Gasteiger partial charge >= 0.3 is 6.18 Å². The van der Waals surface area contributed by atoms with Crippen LogP contribution < -0.4 is 10.6 Å². The summed E-state index contributed by atoms with van der Waals surface area (Å²) in [4.78, 5) is 12.0. The van der Waals surface area contributed by atoms with Crippen molar-refractivity contribution in [2.24, 2.45) is 0 Å². The molecule has 0 saturated carbocycles. The van der Waals surface area contributed by atoms with Crippen molar-refractivity contribution in [2.45, 2.75) is 6.18 Å². The standard InChI is InChI=1S/C17H12F3N3O2/c18-17(19,20)12-4-3-5-13(8-12)22-10-11(9-21)16(25)23-14-6-1-2-7-15(14)24/h1-8,10,22,24H,(H,23,25)/b11-10-. The number of amides is 1. The number of carbonyl (C=O) groups excluding carboxylic acids is 1. The van der Waals surface area contributed by atoms with Crippen LogP contribution in [-0.4, -0.2) is 11.0 Å². The Kier molecular flexibility index (Phi) is 5.29. The van der Waals surface area contributed by atoms with Crippen LogP contribution in [0.25, 0.3) is 0 Å². The predicted octanol–water partition coefficient (Wildman–Crippen LogP) is 3.87. The number of benzene rings is 2. The van der Waals surface area contributed by atoms with Gasteiger partial charge in [0.25, 0.3) is 5.91 Å². The SMILES string of the molecule is N#C/C(=C/Nc1cccc(C(F)(F)F)c1)C(=O)Nc1ccccc1O. The van der Waals surface area contributed by atoms with Gasteiger partial charge in [-0.15, -0.1) is 0 Å². The van der Waals surface area contributed by atoms with Crippen LogP contribution in [0.5, 0.6) is 5.75 Å². The minimum Gasteiger partial charge on any atom is -0.506 e. The maximum atomic E-state index is 12.7. The van der Waals surface area contributed by atoms with E-state index in [1.54, 1.807) is 18.2 Å². The maximum Gasteiger partial charge on any atom is 0.416 e. The third kappa shape index (κ3) is 4.75. The second-order valence-corrected chi connectivity index (χ2v) is 4.86. The molecule has 0 heterocycles. The summed E-state index contributed by atoms with van der Waals surface area (Å²) in [5.41, 5.74) is -1.06. The molecule has 5 nitrogen and oxygen atoms in total. The number of alkyl halides is 3. The number of nitriles is 1. The van der Waals surface area contributed by atoms with E-state index in [9.17, 15) is 23.1 Å². The minimum absolute atomic E-state index is 0.0675. The van der Waals surface area contributed by atoms with E-state index in [2.05, 4.69) is 10.6 Å². The molecule has 0 saturated heterocycles. The molecule has 2 aromatic carbocycles. The zero-order valence-electron chi connectivity index (χ0n) is 12.6. The zero-order valence-corrected chi connectivity index (χ0v) is 12.6. The molecule has 3 N–H and O–H groups in total. The lowest BCUT2D eigenvalue weighted by Gasteiger charge is -2.09. The second-order valence-electron chi connectivity index (χ2n) is 4.86. The maximum absolute atomic E-state index is 12.7. The lowest BCUT2D eigenvalue weighted by Crippen LogP contribution is -2.14. The Morgan fingerprint density at radius 3 is 2.52 bits per heavy atom. The van der Waals surface area contributed by atoms with Gasteiger partial charge in [-0.3, -0.25) is 4.79 Å². The highest BCUT2D eigenvalue weighted by atomic mass is 19.4. The van der Waals surface area contributed by atoms with E-state index in [1.807, 2.05) is 0 Å². The monoisotopic (exact) mass is 347 g/mol. The minimum atomic E-state index is -4.50. The van der Waals surface area contributed by atoms with Crippen molar-refractivity contribution in [3.8, 4) is 11.8 Å². The zero-order chi connectivity index (χ0) is 18.4. The van der Waals surface area contributed by atoms with Gasteiger partial charge in [0.1, 0.15) is 17.4 Å². The summed E-state index contributed by atoms with van der Waals surface area (Å²) >= 11 is 0. The van der Waals surface area contributed by atoms with Gasteiger partial charge < -0.3 is 15.7 Å². The number of carbonyl (C=O) groups is 1. The predicted molar refractivity (Wildman–Crippen MR) is 85.5 cm³/mol. The Hall–Kier alpha value is -3.47. The Bertz CT molecular complexity index is 855. The van der Waals surface area contributed by atoms with E-state index < -0.39 is 17.6 Å². The molecule has 0 unspecified atom stereocenters. The molecule has 0 spiro atoms. The Balaban J connectivity index is 2.14. The van der Waals surface area contributed by atoms with Gasteiger partial charge in [0.05, 0.1) is 11.3 Å². The average Bonchev–Trinajstić information content (AvgIpc) is 2.57. The van der Waals surface area contributed by atoms with E-state index in [0.29, 0.717) is 0 Å². The number of anilines is 2. The van der Waals surface area contributed by atoms with Crippen LogP contribution in [0.2, 0.25) is 0 Å². The van der Waals surface area contributed by atoms with Gasteiger partial charge in [-0.05, 0) is 30.3 Å². The van der Waals surface area contributed by atoms with Gasteiger partial charge in [-0.25, -0.2) is 0 Å². The molecular weight excluding hydrogens is 335 g/mol. The first-order valence-corrected chi connectivity index (χ1v) is 6.94. The highest BCUT2D eigenvalue weighted by molar-refractivity contribution is 6.07. The summed E-state index contributed by atoms with van der Waals surface area (Å²) in [7, 11) is 0. The quantitative estimate of drug-likeness (QED) is 0.445. The Morgan fingerprint density at radius 1 is 1.16 bits per heavy atom.